The van der Waals surface area contributed by atoms with Crippen molar-refractivity contribution in [1.82, 2.24) is 4.90 Å². The van der Waals surface area contributed by atoms with E-state index < -0.39 is 0 Å². The molecular weight excluding hydrogens is 176 g/mol. The van der Waals surface area contributed by atoms with Gasteiger partial charge >= 0.3 is 0 Å². The predicted molar refractivity (Wildman–Crippen MR) is 61.0 cm³/mol. The highest BCUT2D eigenvalue weighted by molar-refractivity contribution is 6.09. The number of ketones is 1. The third kappa shape index (κ3) is 6.54. The average Bonchev–Trinajstić information content (AvgIpc) is 2.00. The van der Waals surface area contributed by atoms with Crippen LogP contribution in [-0.4, -0.2) is 43.6 Å². The Bertz CT molecular complexity index is 242. The molecule has 3 nitrogen and oxygen atoms in total. The molecule has 0 aromatic rings. The molecule has 0 spiro atoms. The molecule has 14 heavy (non-hydrogen) atoms. The highest BCUT2D eigenvalue weighted by Gasteiger charge is 2.03. The summed E-state index contributed by atoms with van der Waals surface area (Å²) in [7, 11) is 4.00. The van der Waals surface area contributed by atoms with Crippen LogP contribution in [0.3, 0.4) is 0 Å². The number of allylic oxidation sites excluding steroid dienone is 1. The number of aliphatic imine (C=N–C) groups is 1. The van der Waals surface area contributed by atoms with Gasteiger partial charge in [0.1, 0.15) is 5.78 Å². The van der Waals surface area contributed by atoms with Gasteiger partial charge in [-0.2, -0.15) is 0 Å². The highest BCUT2D eigenvalue weighted by atomic mass is 16.1. The smallest absolute Gasteiger partial charge is 0.135 e. The lowest BCUT2D eigenvalue weighted by Crippen LogP contribution is -2.17. The van der Waals surface area contributed by atoms with Gasteiger partial charge in [0.2, 0.25) is 0 Å². The van der Waals surface area contributed by atoms with Crippen molar-refractivity contribution in [2.45, 2.75) is 20.3 Å². The Labute approximate surface area is 86.5 Å². The first-order valence-corrected chi connectivity index (χ1v) is 4.77. The minimum Gasteiger partial charge on any atom is -0.308 e. The van der Waals surface area contributed by atoms with E-state index in [4.69, 9.17) is 0 Å². The summed E-state index contributed by atoms with van der Waals surface area (Å²) in [5.74, 6) is 0.136. The zero-order valence-electron chi connectivity index (χ0n) is 9.63. The number of likely N-dealkylation sites (N-methyl/N-ethyl adjacent to an activating group) is 1. The lowest BCUT2D eigenvalue weighted by Gasteiger charge is -2.08. The Hall–Kier alpha value is -0.960. The van der Waals surface area contributed by atoms with Crippen molar-refractivity contribution in [3.63, 3.8) is 0 Å². The SMILES string of the molecule is C=C(C)C(CC(C)=O)=NCCN(C)C. The van der Waals surface area contributed by atoms with E-state index in [1.165, 1.54) is 0 Å². The van der Waals surface area contributed by atoms with Gasteiger partial charge in [0.05, 0.1) is 6.54 Å². The van der Waals surface area contributed by atoms with Crippen LogP contribution >= 0.6 is 0 Å². The van der Waals surface area contributed by atoms with E-state index in [0.717, 1.165) is 24.4 Å². The molecule has 0 aliphatic carbocycles. The number of rotatable bonds is 6. The standard InChI is InChI=1S/C11H20N2O/c1-9(2)11(8-10(3)14)12-6-7-13(4)5/h1,6-8H2,2-5H3. The fraction of sp³-hybridized carbons (Fsp3) is 0.636. The van der Waals surface area contributed by atoms with Crippen LogP contribution in [0.1, 0.15) is 20.3 Å². The minimum absolute atomic E-state index is 0.136. The zero-order valence-corrected chi connectivity index (χ0v) is 9.63. The Kier molecular flexibility index (Phi) is 6.04. The van der Waals surface area contributed by atoms with Crippen molar-refractivity contribution in [3.05, 3.63) is 12.2 Å². The van der Waals surface area contributed by atoms with Gasteiger partial charge in [0, 0.05) is 18.7 Å². The van der Waals surface area contributed by atoms with Gasteiger partial charge in [-0.05, 0) is 33.5 Å². The largest absolute Gasteiger partial charge is 0.308 e. The summed E-state index contributed by atoms with van der Waals surface area (Å²) in [5, 5.41) is 0. The number of hydrogen-bond donors (Lipinski definition) is 0. The normalized spacial score (nSPS) is 11.9. The summed E-state index contributed by atoms with van der Waals surface area (Å²) < 4.78 is 0. The molecule has 0 atom stereocenters. The van der Waals surface area contributed by atoms with E-state index in [9.17, 15) is 4.79 Å². The molecule has 0 bridgehead atoms. The third-order valence-corrected chi connectivity index (χ3v) is 1.76. The first-order chi connectivity index (χ1) is 6.43. The van der Waals surface area contributed by atoms with Gasteiger partial charge in [-0.3, -0.25) is 9.79 Å². The maximum Gasteiger partial charge on any atom is 0.135 e. The van der Waals surface area contributed by atoms with Gasteiger partial charge in [0.25, 0.3) is 0 Å². The van der Waals surface area contributed by atoms with E-state index >= 15 is 0 Å². The average molecular weight is 196 g/mol. The van der Waals surface area contributed by atoms with Crippen LogP contribution in [-0.2, 0) is 4.79 Å². The van der Waals surface area contributed by atoms with E-state index in [1.54, 1.807) is 6.92 Å². The van der Waals surface area contributed by atoms with Gasteiger partial charge < -0.3 is 4.90 Å². The first kappa shape index (κ1) is 13.0. The molecule has 0 aromatic heterocycles. The van der Waals surface area contributed by atoms with Gasteiger partial charge in [-0.1, -0.05) is 6.58 Å². The van der Waals surface area contributed by atoms with E-state index in [-0.39, 0.29) is 5.78 Å². The first-order valence-electron chi connectivity index (χ1n) is 4.77. The molecule has 80 valence electrons. The number of hydrogen-bond acceptors (Lipinski definition) is 3. The summed E-state index contributed by atoms with van der Waals surface area (Å²) in [6, 6.07) is 0. The molecule has 0 radical (unpaired) electrons. The number of carbonyl (C=O) groups is 1. The molecule has 0 unspecified atom stereocenters. The third-order valence-electron chi connectivity index (χ3n) is 1.76. The van der Waals surface area contributed by atoms with Crippen molar-refractivity contribution in [2.75, 3.05) is 27.2 Å². The monoisotopic (exact) mass is 196 g/mol. The van der Waals surface area contributed by atoms with Crippen LogP contribution in [0, 0.1) is 0 Å². The van der Waals surface area contributed by atoms with Crippen LogP contribution < -0.4 is 0 Å². The molecule has 0 heterocycles. The van der Waals surface area contributed by atoms with Crippen molar-refractivity contribution < 1.29 is 4.79 Å². The fourth-order valence-corrected chi connectivity index (χ4v) is 0.963. The number of carbonyl (C=O) groups excluding carboxylic acids is 1. The summed E-state index contributed by atoms with van der Waals surface area (Å²) in [5.41, 5.74) is 1.72. The molecule has 0 aromatic carbocycles. The Morgan fingerprint density at radius 2 is 1.93 bits per heavy atom. The van der Waals surface area contributed by atoms with E-state index in [2.05, 4.69) is 16.5 Å². The maximum atomic E-state index is 10.9. The Morgan fingerprint density at radius 1 is 1.36 bits per heavy atom. The second-order valence-electron chi connectivity index (χ2n) is 3.79. The second-order valence-corrected chi connectivity index (χ2v) is 3.79. The summed E-state index contributed by atoms with van der Waals surface area (Å²) in [4.78, 5) is 17.3. The van der Waals surface area contributed by atoms with Crippen LogP contribution in [0.5, 0.6) is 0 Å². The fourth-order valence-electron chi connectivity index (χ4n) is 0.963. The molecule has 3 heteroatoms. The van der Waals surface area contributed by atoms with Gasteiger partial charge in [0.15, 0.2) is 0 Å². The molecule has 0 aliphatic rings. The minimum atomic E-state index is 0.136. The molecule has 0 rings (SSSR count). The summed E-state index contributed by atoms with van der Waals surface area (Å²) >= 11 is 0. The van der Waals surface area contributed by atoms with Crippen molar-refractivity contribution >= 4 is 11.5 Å². The lowest BCUT2D eigenvalue weighted by atomic mass is 10.1. The molecular formula is C11H20N2O. The van der Waals surface area contributed by atoms with Crippen LogP contribution in [0.15, 0.2) is 17.1 Å². The predicted octanol–water partition coefficient (Wildman–Crippen LogP) is 1.54. The van der Waals surface area contributed by atoms with Crippen LogP contribution in [0.4, 0.5) is 0 Å². The van der Waals surface area contributed by atoms with Crippen molar-refractivity contribution in [2.24, 2.45) is 4.99 Å². The van der Waals surface area contributed by atoms with E-state index in [1.807, 2.05) is 21.0 Å². The highest BCUT2D eigenvalue weighted by Crippen LogP contribution is 2.00. The van der Waals surface area contributed by atoms with Crippen LogP contribution in [0.2, 0.25) is 0 Å². The summed E-state index contributed by atoms with van der Waals surface area (Å²) in [6.45, 7) is 8.89. The topological polar surface area (TPSA) is 32.7 Å². The molecule has 0 fully saturated rings. The molecule has 0 N–H and O–H groups in total. The second kappa shape index (κ2) is 6.49. The maximum absolute atomic E-state index is 10.9. The van der Waals surface area contributed by atoms with Gasteiger partial charge in [-0.15, -0.1) is 0 Å². The van der Waals surface area contributed by atoms with Crippen molar-refractivity contribution in [1.29, 1.82) is 0 Å². The molecule has 0 saturated carbocycles. The summed E-state index contributed by atoms with van der Waals surface area (Å²) in [6.07, 6.45) is 0.406. The molecule has 0 saturated heterocycles. The van der Waals surface area contributed by atoms with E-state index in [0.29, 0.717) is 6.42 Å². The van der Waals surface area contributed by atoms with Gasteiger partial charge in [-0.25, -0.2) is 0 Å². The number of Topliss-reactive ketones (excluding diaryl/α,β-unsaturated/α-hetero) is 1. The Morgan fingerprint density at radius 3 is 2.29 bits per heavy atom. The number of nitrogens with zero attached hydrogens (tertiary/aromatic N) is 2. The quantitative estimate of drug-likeness (QED) is 0.604. The molecule has 0 amide bonds. The Balaban J connectivity index is 4.19. The molecule has 0 aliphatic heterocycles. The zero-order chi connectivity index (χ0) is 11.1. The van der Waals surface area contributed by atoms with Crippen molar-refractivity contribution in [3.8, 4) is 0 Å². The van der Waals surface area contributed by atoms with Crippen LogP contribution in [0.25, 0.3) is 0 Å². The lowest BCUT2D eigenvalue weighted by molar-refractivity contribution is -0.115.